The zero-order valence-electron chi connectivity index (χ0n) is 18.3. The van der Waals surface area contributed by atoms with Gasteiger partial charge in [-0.15, -0.1) is 0 Å². The van der Waals surface area contributed by atoms with Gasteiger partial charge in [-0.25, -0.2) is 0 Å². The van der Waals surface area contributed by atoms with E-state index in [0.717, 1.165) is 24.0 Å². The van der Waals surface area contributed by atoms with E-state index in [0.29, 0.717) is 26.1 Å². The number of carbonyl (C=O) groups excluding carboxylic acids is 1. The number of rotatable bonds is 18. The van der Waals surface area contributed by atoms with Crippen LogP contribution in [0.25, 0.3) is 0 Å². The molecule has 0 spiro atoms. The van der Waals surface area contributed by atoms with Gasteiger partial charge in [-0.05, 0) is 12.8 Å². The molecular weight excluding hydrogens is 375 g/mol. The Labute approximate surface area is 173 Å². The van der Waals surface area contributed by atoms with E-state index in [1.807, 2.05) is 0 Å². The smallest absolute Gasteiger partial charge is 0.330 e. The second-order valence-electron chi connectivity index (χ2n) is 8.33. The lowest BCUT2D eigenvalue weighted by molar-refractivity contribution is -0.897. The first kappa shape index (κ1) is 25.8. The van der Waals surface area contributed by atoms with Gasteiger partial charge in [0, 0.05) is 25.8 Å². The average Bonchev–Trinajstić information content (AvgIpc) is 3.10. The quantitative estimate of drug-likeness (QED) is 0.195. The average molecular weight is 420 g/mol. The van der Waals surface area contributed by atoms with Crippen molar-refractivity contribution < 1.29 is 23.2 Å². The third-order valence-corrected chi connectivity index (χ3v) is 6.39. The fraction of sp³-hybridized carbons (Fsp3) is 0.952. The maximum absolute atomic E-state index is 11.8. The minimum absolute atomic E-state index is 0.0705. The molecule has 0 saturated carbocycles. The van der Waals surface area contributed by atoms with Gasteiger partial charge < -0.3 is 23.7 Å². The van der Waals surface area contributed by atoms with Crippen molar-refractivity contribution in [2.75, 3.05) is 46.4 Å². The van der Waals surface area contributed by atoms with Crippen molar-refractivity contribution in [3.63, 3.8) is 0 Å². The molecule has 2 N–H and O–H groups in total. The molecule has 0 aliphatic carbocycles. The molecule has 0 radical (unpaired) electrons. The normalized spacial score (nSPS) is 17.0. The molecule has 1 aliphatic rings. The number of hydrogen-bond donors (Lipinski definition) is 2. The Kier molecular flexibility index (Phi) is 15.2. The number of amides is 1. The van der Waals surface area contributed by atoms with E-state index >= 15 is 0 Å². The van der Waals surface area contributed by atoms with E-state index in [1.165, 1.54) is 70.9 Å². The Morgan fingerprint density at radius 1 is 0.964 bits per heavy atom. The van der Waals surface area contributed by atoms with Crippen molar-refractivity contribution in [3.8, 4) is 0 Å². The van der Waals surface area contributed by atoms with Crippen LogP contribution in [0.2, 0.25) is 0 Å². The van der Waals surface area contributed by atoms with Crippen LogP contribution >= 0.6 is 8.60 Å². The summed E-state index contributed by atoms with van der Waals surface area (Å²) >= 11 is 0. The molecule has 166 valence electrons. The van der Waals surface area contributed by atoms with Crippen LogP contribution in [0.1, 0.15) is 84.0 Å². The number of carbonyl (C=O) groups is 1. The molecule has 1 amide bonds. The van der Waals surface area contributed by atoms with Crippen molar-refractivity contribution in [3.05, 3.63) is 0 Å². The first-order valence-corrected chi connectivity index (χ1v) is 12.5. The summed E-state index contributed by atoms with van der Waals surface area (Å²) in [5.74, 6) is 0.0705. The monoisotopic (exact) mass is 419 g/mol. The fourth-order valence-electron chi connectivity index (χ4n) is 3.65. The summed E-state index contributed by atoms with van der Waals surface area (Å²) in [6.07, 6.45) is 13.8. The minimum atomic E-state index is -1.82. The van der Waals surface area contributed by atoms with E-state index in [1.54, 1.807) is 0 Å². The van der Waals surface area contributed by atoms with Gasteiger partial charge in [0.25, 0.3) is 0 Å². The highest BCUT2D eigenvalue weighted by molar-refractivity contribution is 7.40. The van der Waals surface area contributed by atoms with Gasteiger partial charge in [0.15, 0.2) is 0 Å². The Balaban J connectivity index is 1.85. The first-order valence-electron chi connectivity index (χ1n) is 11.4. The molecule has 1 rings (SSSR count). The molecule has 1 heterocycles. The van der Waals surface area contributed by atoms with Crippen LogP contribution in [-0.2, 0) is 13.8 Å². The molecule has 28 heavy (non-hydrogen) atoms. The van der Waals surface area contributed by atoms with Gasteiger partial charge >= 0.3 is 8.60 Å². The van der Waals surface area contributed by atoms with Crippen LogP contribution in [0.5, 0.6) is 0 Å². The van der Waals surface area contributed by atoms with Crippen LogP contribution in [0, 0.1) is 0 Å². The Bertz CT molecular complexity index is 393. The van der Waals surface area contributed by atoms with E-state index in [2.05, 4.69) is 19.3 Å². The minimum Gasteiger partial charge on any atom is -0.356 e. The topological polar surface area (TPSA) is 67.8 Å². The number of likely N-dealkylation sites (N-methyl/N-ethyl adjacent to an activating group) is 1. The van der Waals surface area contributed by atoms with Gasteiger partial charge in [0.05, 0.1) is 26.7 Å². The fourth-order valence-corrected chi connectivity index (χ4v) is 4.25. The summed E-state index contributed by atoms with van der Waals surface area (Å²) in [5.41, 5.74) is 0. The van der Waals surface area contributed by atoms with Crippen molar-refractivity contribution in [1.29, 1.82) is 0 Å². The van der Waals surface area contributed by atoms with Gasteiger partial charge in [-0.3, -0.25) is 4.79 Å². The van der Waals surface area contributed by atoms with Crippen LogP contribution in [0.3, 0.4) is 0 Å². The lowest BCUT2D eigenvalue weighted by Crippen LogP contribution is -2.43. The van der Waals surface area contributed by atoms with Gasteiger partial charge in [0.2, 0.25) is 5.91 Å². The third-order valence-electron chi connectivity index (χ3n) is 5.58. The van der Waals surface area contributed by atoms with Gasteiger partial charge in [0.1, 0.15) is 13.2 Å². The van der Waals surface area contributed by atoms with Crippen LogP contribution in [-0.4, -0.2) is 61.7 Å². The lowest BCUT2D eigenvalue weighted by atomic mass is 10.1. The Hall–Kier alpha value is -0.260. The SMILES string of the molecule is CCCCCCCCCCNC(=O)CCCOP(O)OCC[N+]1(C)CCCC1. The molecular formula is C21H44N2O4P+. The molecule has 1 unspecified atom stereocenters. The van der Waals surface area contributed by atoms with Crippen molar-refractivity contribution in [2.45, 2.75) is 84.0 Å². The highest BCUT2D eigenvalue weighted by Gasteiger charge is 2.26. The van der Waals surface area contributed by atoms with E-state index in [9.17, 15) is 9.69 Å². The summed E-state index contributed by atoms with van der Waals surface area (Å²) in [7, 11) is 0.419. The summed E-state index contributed by atoms with van der Waals surface area (Å²) in [5, 5.41) is 2.97. The Morgan fingerprint density at radius 3 is 2.25 bits per heavy atom. The van der Waals surface area contributed by atoms with E-state index < -0.39 is 8.60 Å². The number of quaternary nitrogens is 1. The number of unbranched alkanes of at least 4 members (excludes halogenated alkanes) is 7. The number of hydrogen-bond acceptors (Lipinski definition) is 4. The number of nitrogens with one attached hydrogen (secondary N) is 1. The van der Waals surface area contributed by atoms with Crippen molar-refractivity contribution >= 4 is 14.5 Å². The first-order chi connectivity index (χ1) is 13.6. The van der Waals surface area contributed by atoms with E-state index in [4.69, 9.17) is 9.05 Å². The summed E-state index contributed by atoms with van der Waals surface area (Å²) in [6, 6.07) is 0. The number of likely N-dealkylation sites (tertiary alicyclic amines) is 1. The van der Waals surface area contributed by atoms with Gasteiger partial charge in [-0.1, -0.05) is 51.9 Å². The zero-order chi connectivity index (χ0) is 20.5. The predicted molar refractivity (Wildman–Crippen MR) is 116 cm³/mol. The molecule has 0 aromatic heterocycles. The highest BCUT2D eigenvalue weighted by atomic mass is 31.2. The van der Waals surface area contributed by atoms with Crippen LogP contribution < -0.4 is 5.32 Å². The molecule has 7 heteroatoms. The zero-order valence-corrected chi connectivity index (χ0v) is 19.2. The molecule has 0 aromatic carbocycles. The summed E-state index contributed by atoms with van der Waals surface area (Å²) in [4.78, 5) is 21.6. The predicted octanol–water partition coefficient (Wildman–Crippen LogP) is 4.52. The largest absolute Gasteiger partial charge is 0.356 e. The molecule has 1 fully saturated rings. The molecule has 1 atom stereocenters. The van der Waals surface area contributed by atoms with Gasteiger partial charge in [-0.2, -0.15) is 0 Å². The molecule has 6 nitrogen and oxygen atoms in total. The highest BCUT2D eigenvalue weighted by Crippen LogP contribution is 2.33. The van der Waals surface area contributed by atoms with Crippen LogP contribution in [0.15, 0.2) is 0 Å². The second kappa shape index (κ2) is 16.5. The molecule has 1 aliphatic heterocycles. The summed E-state index contributed by atoms with van der Waals surface area (Å²) < 4.78 is 11.7. The number of nitrogens with zero attached hydrogens (tertiary/aromatic N) is 1. The Morgan fingerprint density at radius 2 is 1.57 bits per heavy atom. The van der Waals surface area contributed by atoms with Crippen LogP contribution in [0.4, 0.5) is 0 Å². The van der Waals surface area contributed by atoms with Crippen molar-refractivity contribution in [1.82, 2.24) is 5.32 Å². The van der Waals surface area contributed by atoms with E-state index in [-0.39, 0.29) is 5.91 Å². The summed E-state index contributed by atoms with van der Waals surface area (Å²) in [6.45, 7) is 7.20. The lowest BCUT2D eigenvalue weighted by Gasteiger charge is -2.29. The second-order valence-corrected chi connectivity index (χ2v) is 9.32. The maximum atomic E-state index is 11.8. The third kappa shape index (κ3) is 13.8. The van der Waals surface area contributed by atoms with Crippen molar-refractivity contribution in [2.24, 2.45) is 0 Å². The molecule has 1 saturated heterocycles. The maximum Gasteiger partial charge on any atom is 0.330 e. The standard InChI is InChI=1S/C21H43N2O4P/c1-3-4-5-6-7-8-9-10-15-22-21(24)14-13-19-26-28(25)27-20-18-23(2)16-11-12-17-23/h25H,3-20H2,1-2H3/p+1. The molecule has 0 bridgehead atoms. The molecule has 0 aromatic rings.